The zero-order valence-corrected chi connectivity index (χ0v) is 10.5. The molecule has 5 heteroatoms. The van der Waals surface area contributed by atoms with Crippen LogP contribution in [0.4, 0.5) is 0 Å². The van der Waals surface area contributed by atoms with Crippen molar-refractivity contribution in [2.24, 2.45) is 0 Å². The molecule has 2 heterocycles. The zero-order valence-electron chi connectivity index (χ0n) is 10.5. The van der Waals surface area contributed by atoms with Gasteiger partial charge in [0.1, 0.15) is 5.76 Å². The number of carbonyl (C=O) groups excluding carboxylic acids is 1. The SMILES string of the molecule is CCCc1nc(C(=O)N2CCNCC2)c(C)o1. The maximum absolute atomic E-state index is 12.2. The number of aromatic nitrogens is 1. The minimum Gasteiger partial charge on any atom is -0.445 e. The van der Waals surface area contributed by atoms with E-state index in [0.29, 0.717) is 17.3 Å². The molecule has 2 rings (SSSR count). The van der Waals surface area contributed by atoms with Crippen LogP contribution in [-0.4, -0.2) is 42.0 Å². The van der Waals surface area contributed by atoms with Gasteiger partial charge in [0.05, 0.1) is 0 Å². The molecule has 1 amide bonds. The largest absolute Gasteiger partial charge is 0.445 e. The summed E-state index contributed by atoms with van der Waals surface area (Å²) in [6.45, 7) is 7.07. The fraction of sp³-hybridized carbons (Fsp3) is 0.667. The van der Waals surface area contributed by atoms with Gasteiger partial charge >= 0.3 is 0 Å². The Morgan fingerprint density at radius 1 is 1.47 bits per heavy atom. The molecule has 1 aliphatic heterocycles. The highest BCUT2D eigenvalue weighted by Gasteiger charge is 2.23. The summed E-state index contributed by atoms with van der Waals surface area (Å²) in [5.41, 5.74) is 0.482. The summed E-state index contributed by atoms with van der Waals surface area (Å²) >= 11 is 0. The molecule has 1 N–H and O–H groups in total. The lowest BCUT2D eigenvalue weighted by Gasteiger charge is -2.26. The van der Waals surface area contributed by atoms with Crippen LogP contribution in [0.1, 0.15) is 35.5 Å². The Bertz CT molecular complexity index is 394. The van der Waals surface area contributed by atoms with Gasteiger partial charge in [-0.25, -0.2) is 4.98 Å². The number of nitrogens with one attached hydrogen (secondary N) is 1. The molecule has 1 aliphatic rings. The summed E-state index contributed by atoms with van der Waals surface area (Å²) in [4.78, 5) is 18.3. The molecule has 0 unspecified atom stereocenters. The molecule has 1 saturated heterocycles. The molecule has 1 aromatic rings. The lowest BCUT2D eigenvalue weighted by Crippen LogP contribution is -2.46. The molecule has 0 saturated carbocycles. The first-order valence-corrected chi connectivity index (χ1v) is 6.18. The summed E-state index contributed by atoms with van der Waals surface area (Å²) < 4.78 is 5.49. The van der Waals surface area contributed by atoms with Crippen LogP contribution in [0.15, 0.2) is 4.42 Å². The normalized spacial score (nSPS) is 16.2. The van der Waals surface area contributed by atoms with Gasteiger partial charge in [-0.15, -0.1) is 0 Å². The monoisotopic (exact) mass is 237 g/mol. The van der Waals surface area contributed by atoms with Gasteiger partial charge in [-0.2, -0.15) is 0 Å². The standard InChI is InChI=1S/C12H19N3O2/c1-3-4-10-14-11(9(2)17-10)12(16)15-7-5-13-6-8-15/h13H,3-8H2,1-2H3. The Morgan fingerprint density at radius 3 is 2.82 bits per heavy atom. The number of nitrogens with zero attached hydrogens (tertiary/aromatic N) is 2. The Morgan fingerprint density at radius 2 is 2.18 bits per heavy atom. The van der Waals surface area contributed by atoms with Crippen molar-refractivity contribution in [3.05, 3.63) is 17.3 Å². The number of hydrogen-bond donors (Lipinski definition) is 1. The van der Waals surface area contributed by atoms with E-state index in [1.807, 2.05) is 11.8 Å². The molecule has 1 fully saturated rings. The molecule has 0 spiro atoms. The van der Waals surface area contributed by atoms with E-state index in [-0.39, 0.29) is 5.91 Å². The second-order valence-corrected chi connectivity index (χ2v) is 4.30. The van der Waals surface area contributed by atoms with E-state index in [9.17, 15) is 4.79 Å². The molecule has 94 valence electrons. The van der Waals surface area contributed by atoms with Crippen molar-refractivity contribution in [1.82, 2.24) is 15.2 Å². The van der Waals surface area contributed by atoms with E-state index >= 15 is 0 Å². The van der Waals surface area contributed by atoms with Crippen molar-refractivity contribution >= 4 is 5.91 Å². The molecule has 17 heavy (non-hydrogen) atoms. The zero-order chi connectivity index (χ0) is 12.3. The highest BCUT2D eigenvalue weighted by Crippen LogP contribution is 2.14. The van der Waals surface area contributed by atoms with Gasteiger partial charge in [-0.05, 0) is 13.3 Å². The molecule has 0 aliphatic carbocycles. The maximum atomic E-state index is 12.2. The average molecular weight is 237 g/mol. The van der Waals surface area contributed by atoms with Crippen molar-refractivity contribution in [3.8, 4) is 0 Å². The number of carbonyl (C=O) groups is 1. The first kappa shape index (κ1) is 12.1. The Labute approximate surface area is 101 Å². The minimum absolute atomic E-state index is 0.00453. The lowest BCUT2D eigenvalue weighted by molar-refractivity contribution is 0.0729. The Kier molecular flexibility index (Phi) is 3.78. The van der Waals surface area contributed by atoms with E-state index in [0.717, 1.165) is 39.0 Å². The van der Waals surface area contributed by atoms with E-state index in [1.165, 1.54) is 0 Å². The second-order valence-electron chi connectivity index (χ2n) is 4.30. The number of rotatable bonds is 3. The smallest absolute Gasteiger partial charge is 0.276 e. The van der Waals surface area contributed by atoms with Crippen molar-refractivity contribution in [1.29, 1.82) is 0 Å². The highest BCUT2D eigenvalue weighted by molar-refractivity contribution is 5.93. The van der Waals surface area contributed by atoms with Gasteiger partial charge in [0.25, 0.3) is 5.91 Å². The quantitative estimate of drug-likeness (QED) is 0.851. The second kappa shape index (κ2) is 5.31. The average Bonchev–Trinajstić information content (AvgIpc) is 2.71. The summed E-state index contributed by atoms with van der Waals surface area (Å²) in [6.07, 6.45) is 1.76. The number of hydrogen-bond acceptors (Lipinski definition) is 4. The first-order valence-electron chi connectivity index (χ1n) is 6.18. The van der Waals surface area contributed by atoms with Crippen molar-refractivity contribution in [2.45, 2.75) is 26.7 Å². The molecule has 5 nitrogen and oxygen atoms in total. The van der Waals surface area contributed by atoms with Crippen molar-refractivity contribution < 1.29 is 9.21 Å². The van der Waals surface area contributed by atoms with Crippen LogP contribution in [0.5, 0.6) is 0 Å². The number of aryl methyl sites for hydroxylation is 2. The molecule has 1 aromatic heterocycles. The third-order valence-electron chi connectivity index (χ3n) is 2.91. The maximum Gasteiger partial charge on any atom is 0.276 e. The van der Waals surface area contributed by atoms with E-state index < -0.39 is 0 Å². The third kappa shape index (κ3) is 2.66. The summed E-state index contributed by atoms with van der Waals surface area (Å²) in [5, 5.41) is 3.22. The van der Waals surface area contributed by atoms with Gasteiger partial charge in [0.15, 0.2) is 11.6 Å². The van der Waals surface area contributed by atoms with Crippen LogP contribution in [-0.2, 0) is 6.42 Å². The molecule has 0 radical (unpaired) electrons. The Hall–Kier alpha value is -1.36. The van der Waals surface area contributed by atoms with Gasteiger partial charge in [-0.1, -0.05) is 6.92 Å². The highest BCUT2D eigenvalue weighted by atomic mass is 16.4. The van der Waals surface area contributed by atoms with Crippen molar-refractivity contribution in [3.63, 3.8) is 0 Å². The van der Waals surface area contributed by atoms with Gasteiger partial charge in [-0.3, -0.25) is 4.79 Å². The summed E-state index contributed by atoms with van der Waals surface area (Å²) in [7, 11) is 0. The van der Waals surface area contributed by atoms with Crippen LogP contribution in [0, 0.1) is 6.92 Å². The number of amides is 1. The lowest BCUT2D eigenvalue weighted by atomic mass is 10.3. The first-order chi connectivity index (χ1) is 8.22. The van der Waals surface area contributed by atoms with Crippen LogP contribution in [0.3, 0.4) is 0 Å². The summed E-state index contributed by atoms with van der Waals surface area (Å²) in [6, 6.07) is 0. The number of oxazole rings is 1. The molecular formula is C12H19N3O2. The van der Waals surface area contributed by atoms with Crippen LogP contribution in [0.2, 0.25) is 0 Å². The van der Waals surface area contributed by atoms with Crippen LogP contribution in [0.25, 0.3) is 0 Å². The van der Waals surface area contributed by atoms with Crippen molar-refractivity contribution in [2.75, 3.05) is 26.2 Å². The molecule has 0 aromatic carbocycles. The van der Waals surface area contributed by atoms with E-state index in [1.54, 1.807) is 0 Å². The number of piperazine rings is 1. The van der Waals surface area contributed by atoms with Gasteiger partial charge in [0.2, 0.25) is 0 Å². The minimum atomic E-state index is -0.00453. The summed E-state index contributed by atoms with van der Waals surface area (Å²) in [5.74, 6) is 1.30. The van der Waals surface area contributed by atoms with E-state index in [2.05, 4.69) is 17.2 Å². The third-order valence-corrected chi connectivity index (χ3v) is 2.91. The van der Waals surface area contributed by atoms with Gasteiger partial charge < -0.3 is 14.6 Å². The van der Waals surface area contributed by atoms with Crippen LogP contribution >= 0.6 is 0 Å². The molecular weight excluding hydrogens is 218 g/mol. The predicted molar refractivity (Wildman–Crippen MR) is 64.0 cm³/mol. The predicted octanol–water partition coefficient (Wildman–Crippen LogP) is 0.981. The Balaban J connectivity index is 2.12. The fourth-order valence-electron chi connectivity index (χ4n) is 1.99. The topological polar surface area (TPSA) is 58.4 Å². The molecule has 0 bridgehead atoms. The van der Waals surface area contributed by atoms with Gasteiger partial charge in [0, 0.05) is 32.6 Å². The fourth-order valence-corrected chi connectivity index (χ4v) is 1.99. The van der Waals surface area contributed by atoms with Crippen LogP contribution < -0.4 is 5.32 Å². The van der Waals surface area contributed by atoms with E-state index in [4.69, 9.17) is 4.42 Å². The molecule has 0 atom stereocenters.